The Morgan fingerprint density at radius 1 is 1.21 bits per heavy atom. The van der Waals surface area contributed by atoms with Gasteiger partial charge in [-0.2, -0.15) is 0 Å². The Hall–Kier alpha value is -0.0800. The lowest BCUT2D eigenvalue weighted by Gasteiger charge is -2.19. The fraction of sp³-hybridized carbons (Fsp3) is 1.00. The van der Waals surface area contributed by atoms with Gasteiger partial charge in [0.1, 0.15) is 0 Å². The van der Waals surface area contributed by atoms with Crippen LogP contribution in [0.5, 0.6) is 0 Å². The summed E-state index contributed by atoms with van der Waals surface area (Å²) in [4.78, 5) is 0. The first-order valence-electron chi connectivity index (χ1n) is 5.82. The van der Waals surface area contributed by atoms with Crippen molar-refractivity contribution < 1.29 is 0 Å². The monoisotopic (exact) mass is 200 g/mol. The van der Waals surface area contributed by atoms with Crippen molar-refractivity contribution in [3.05, 3.63) is 0 Å². The van der Waals surface area contributed by atoms with Gasteiger partial charge in [-0.15, -0.1) is 0 Å². The zero-order chi connectivity index (χ0) is 11.2. The zero-order valence-electron chi connectivity index (χ0n) is 10.6. The molecule has 0 radical (unpaired) electrons. The summed E-state index contributed by atoms with van der Waals surface area (Å²) in [5.41, 5.74) is 5.89. The van der Waals surface area contributed by atoms with Crippen molar-refractivity contribution in [1.29, 1.82) is 0 Å². The van der Waals surface area contributed by atoms with Crippen LogP contribution in [0.1, 0.15) is 47.5 Å². The summed E-state index contributed by atoms with van der Waals surface area (Å²) in [7, 11) is 0. The predicted molar refractivity (Wildman–Crippen MR) is 64.4 cm³/mol. The van der Waals surface area contributed by atoms with Gasteiger partial charge in [0.2, 0.25) is 0 Å². The Bertz CT molecular complexity index is 136. The molecule has 3 N–H and O–H groups in total. The molecular weight excluding hydrogens is 172 g/mol. The maximum absolute atomic E-state index is 5.90. The van der Waals surface area contributed by atoms with E-state index >= 15 is 0 Å². The Morgan fingerprint density at radius 3 is 2.21 bits per heavy atom. The van der Waals surface area contributed by atoms with E-state index in [0.717, 1.165) is 31.3 Å². The van der Waals surface area contributed by atoms with Gasteiger partial charge >= 0.3 is 0 Å². The highest BCUT2D eigenvalue weighted by molar-refractivity contribution is 4.71. The molecule has 0 heterocycles. The quantitative estimate of drug-likeness (QED) is 0.619. The van der Waals surface area contributed by atoms with Crippen LogP contribution in [-0.4, -0.2) is 18.6 Å². The summed E-state index contributed by atoms with van der Waals surface area (Å²) >= 11 is 0. The van der Waals surface area contributed by atoms with Gasteiger partial charge in [0.25, 0.3) is 0 Å². The van der Waals surface area contributed by atoms with Crippen molar-refractivity contribution >= 4 is 0 Å². The highest BCUT2D eigenvalue weighted by Crippen LogP contribution is 2.08. The lowest BCUT2D eigenvalue weighted by molar-refractivity contribution is 0.382. The fourth-order valence-electron chi connectivity index (χ4n) is 1.23. The van der Waals surface area contributed by atoms with Crippen LogP contribution in [0.15, 0.2) is 0 Å². The minimum atomic E-state index is -0.00859. The molecular formula is C12H28N2. The Balaban J connectivity index is 3.30. The van der Waals surface area contributed by atoms with Crippen molar-refractivity contribution in [3.63, 3.8) is 0 Å². The molecule has 0 aliphatic heterocycles. The Morgan fingerprint density at radius 2 is 1.79 bits per heavy atom. The molecule has 86 valence electrons. The summed E-state index contributed by atoms with van der Waals surface area (Å²) in [5.74, 6) is 1.54. The van der Waals surface area contributed by atoms with E-state index in [1.54, 1.807) is 0 Å². The van der Waals surface area contributed by atoms with Crippen molar-refractivity contribution in [2.24, 2.45) is 17.6 Å². The SMILES string of the molecule is CC(C)C(C)CNCCCC(C)(C)N. The second-order valence-corrected chi connectivity index (χ2v) is 5.52. The van der Waals surface area contributed by atoms with Gasteiger partial charge in [0.05, 0.1) is 0 Å². The molecule has 0 aromatic heterocycles. The molecule has 0 saturated heterocycles. The first-order valence-corrected chi connectivity index (χ1v) is 5.82. The third kappa shape index (κ3) is 8.52. The molecule has 0 saturated carbocycles. The molecule has 0 fully saturated rings. The average molecular weight is 200 g/mol. The molecule has 0 aromatic rings. The normalized spacial score (nSPS) is 14.8. The van der Waals surface area contributed by atoms with E-state index in [2.05, 4.69) is 39.9 Å². The van der Waals surface area contributed by atoms with E-state index in [1.807, 2.05) is 0 Å². The van der Waals surface area contributed by atoms with Gasteiger partial charge in [0.15, 0.2) is 0 Å². The summed E-state index contributed by atoms with van der Waals surface area (Å²) in [6.45, 7) is 13.2. The number of nitrogens with one attached hydrogen (secondary N) is 1. The molecule has 2 nitrogen and oxygen atoms in total. The first-order chi connectivity index (χ1) is 6.33. The molecule has 0 bridgehead atoms. The van der Waals surface area contributed by atoms with Crippen molar-refractivity contribution in [1.82, 2.24) is 5.32 Å². The highest BCUT2D eigenvalue weighted by atomic mass is 14.9. The largest absolute Gasteiger partial charge is 0.326 e. The van der Waals surface area contributed by atoms with Gasteiger partial charge in [-0.3, -0.25) is 0 Å². The molecule has 0 aliphatic rings. The minimum Gasteiger partial charge on any atom is -0.326 e. The van der Waals surface area contributed by atoms with Crippen molar-refractivity contribution in [2.75, 3.05) is 13.1 Å². The van der Waals surface area contributed by atoms with E-state index in [-0.39, 0.29) is 5.54 Å². The molecule has 0 aromatic carbocycles. The van der Waals surface area contributed by atoms with Crippen LogP contribution in [0.3, 0.4) is 0 Å². The lowest BCUT2D eigenvalue weighted by Crippen LogP contribution is -2.33. The van der Waals surface area contributed by atoms with Crippen LogP contribution >= 0.6 is 0 Å². The zero-order valence-corrected chi connectivity index (χ0v) is 10.6. The fourth-order valence-corrected chi connectivity index (χ4v) is 1.23. The highest BCUT2D eigenvalue weighted by Gasteiger charge is 2.09. The van der Waals surface area contributed by atoms with Crippen molar-refractivity contribution in [3.8, 4) is 0 Å². The molecule has 0 amide bonds. The van der Waals surface area contributed by atoms with Crippen LogP contribution in [0.2, 0.25) is 0 Å². The van der Waals surface area contributed by atoms with Crippen LogP contribution in [0.25, 0.3) is 0 Å². The van der Waals surface area contributed by atoms with Crippen LogP contribution in [0, 0.1) is 11.8 Å². The summed E-state index contributed by atoms with van der Waals surface area (Å²) in [5, 5.41) is 3.48. The number of hydrogen-bond donors (Lipinski definition) is 2. The topological polar surface area (TPSA) is 38.0 Å². The molecule has 2 heteroatoms. The first kappa shape index (κ1) is 13.9. The van der Waals surface area contributed by atoms with Crippen LogP contribution in [0.4, 0.5) is 0 Å². The molecule has 14 heavy (non-hydrogen) atoms. The summed E-state index contributed by atoms with van der Waals surface area (Å²) in [6.07, 6.45) is 2.27. The van der Waals surface area contributed by atoms with E-state index in [0.29, 0.717) is 0 Å². The van der Waals surface area contributed by atoms with Crippen LogP contribution in [-0.2, 0) is 0 Å². The van der Waals surface area contributed by atoms with E-state index in [1.165, 1.54) is 6.42 Å². The predicted octanol–water partition coefficient (Wildman–Crippen LogP) is 2.39. The molecule has 0 spiro atoms. The van der Waals surface area contributed by atoms with Crippen molar-refractivity contribution in [2.45, 2.75) is 53.0 Å². The standard InChI is InChI=1S/C12H28N2/c1-10(2)11(3)9-14-8-6-7-12(4,5)13/h10-11,14H,6-9,13H2,1-5H3. The molecule has 1 atom stereocenters. The second kappa shape index (κ2) is 6.41. The van der Waals surface area contributed by atoms with Gasteiger partial charge in [-0.25, -0.2) is 0 Å². The second-order valence-electron chi connectivity index (χ2n) is 5.52. The van der Waals surface area contributed by atoms with Gasteiger partial charge < -0.3 is 11.1 Å². The minimum absolute atomic E-state index is 0.00859. The van der Waals surface area contributed by atoms with E-state index < -0.39 is 0 Å². The number of nitrogens with two attached hydrogens (primary N) is 1. The third-order valence-corrected chi connectivity index (χ3v) is 2.78. The lowest BCUT2D eigenvalue weighted by atomic mass is 9.97. The number of rotatable bonds is 7. The van der Waals surface area contributed by atoms with Gasteiger partial charge in [0, 0.05) is 5.54 Å². The van der Waals surface area contributed by atoms with E-state index in [9.17, 15) is 0 Å². The maximum atomic E-state index is 5.90. The molecule has 1 unspecified atom stereocenters. The Labute approximate surface area is 89.6 Å². The van der Waals surface area contributed by atoms with Gasteiger partial charge in [-0.1, -0.05) is 20.8 Å². The maximum Gasteiger partial charge on any atom is 0.00975 e. The number of hydrogen-bond acceptors (Lipinski definition) is 2. The summed E-state index contributed by atoms with van der Waals surface area (Å²) in [6, 6.07) is 0. The van der Waals surface area contributed by atoms with E-state index in [4.69, 9.17) is 5.73 Å². The third-order valence-electron chi connectivity index (χ3n) is 2.78. The summed E-state index contributed by atoms with van der Waals surface area (Å²) < 4.78 is 0. The molecule has 0 aliphatic carbocycles. The molecule has 0 rings (SSSR count). The Kier molecular flexibility index (Phi) is 6.38. The smallest absolute Gasteiger partial charge is 0.00975 e. The average Bonchev–Trinajstić information content (AvgIpc) is 2.01. The van der Waals surface area contributed by atoms with Gasteiger partial charge in [-0.05, 0) is 51.6 Å². The van der Waals surface area contributed by atoms with Crippen LogP contribution < -0.4 is 11.1 Å².